The van der Waals surface area contributed by atoms with E-state index in [-0.39, 0.29) is 12.2 Å². The average molecular weight is 305 g/mol. The van der Waals surface area contributed by atoms with Crippen LogP contribution in [0.15, 0.2) is 24.5 Å². The monoisotopic (exact) mass is 305 g/mol. The van der Waals surface area contributed by atoms with Crippen LogP contribution in [0, 0.1) is 0 Å². The number of anilines is 1. The number of esters is 1. The van der Waals surface area contributed by atoms with Gasteiger partial charge in [0.1, 0.15) is 16.7 Å². The summed E-state index contributed by atoms with van der Waals surface area (Å²) in [5, 5.41) is 6.72. The molecular weight excluding hydrogens is 286 g/mol. The highest BCUT2D eigenvalue weighted by Crippen LogP contribution is 2.22. The Bertz CT molecular complexity index is 700. The Morgan fingerprint density at radius 3 is 2.73 bits per heavy atom. The summed E-state index contributed by atoms with van der Waals surface area (Å²) in [7, 11) is 0. The summed E-state index contributed by atoms with van der Waals surface area (Å²) in [4.78, 5) is 23.9. The van der Waals surface area contributed by atoms with Gasteiger partial charge >= 0.3 is 12.1 Å². The lowest BCUT2D eigenvalue weighted by Gasteiger charge is -2.20. The van der Waals surface area contributed by atoms with E-state index in [1.807, 2.05) is 0 Å². The number of hydrogen-bond donors (Lipinski definition) is 1. The number of carbonyl (C=O) groups is 2. The van der Waals surface area contributed by atoms with Gasteiger partial charge in [0.05, 0.1) is 18.5 Å². The molecule has 7 heteroatoms. The van der Waals surface area contributed by atoms with Crippen LogP contribution >= 0.6 is 0 Å². The molecule has 0 aliphatic carbocycles. The SMILES string of the molecule is CCOC(=O)c1cnn2cccc(NC(=O)OC(C)(C)C)c12. The highest BCUT2D eigenvalue weighted by molar-refractivity contribution is 6.03. The van der Waals surface area contributed by atoms with E-state index >= 15 is 0 Å². The second kappa shape index (κ2) is 6.05. The van der Waals surface area contributed by atoms with Crippen LogP contribution in [-0.4, -0.2) is 33.9 Å². The fourth-order valence-corrected chi connectivity index (χ4v) is 1.92. The van der Waals surface area contributed by atoms with Gasteiger partial charge in [-0.15, -0.1) is 0 Å². The second-order valence-electron chi connectivity index (χ2n) is 5.62. The van der Waals surface area contributed by atoms with Gasteiger partial charge in [-0.2, -0.15) is 5.10 Å². The molecule has 0 atom stereocenters. The molecule has 0 saturated carbocycles. The van der Waals surface area contributed by atoms with Crippen molar-refractivity contribution in [3.8, 4) is 0 Å². The summed E-state index contributed by atoms with van der Waals surface area (Å²) in [5.41, 5.74) is 0.567. The van der Waals surface area contributed by atoms with Crippen LogP contribution in [0.2, 0.25) is 0 Å². The molecule has 22 heavy (non-hydrogen) atoms. The number of pyridine rings is 1. The molecule has 0 bridgehead atoms. The number of carbonyl (C=O) groups excluding carboxylic acids is 2. The normalized spacial score (nSPS) is 11.3. The van der Waals surface area contributed by atoms with Gasteiger partial charge in [0.2, 0.25) is 0 Å². The van der Waals surface area contributed by atoms with E-state index in [1.165, 1.54) is 10.7 Å². The standard InChI is InChI=1S/C15H19N3O4/c1-5-21-13(19)10-9-16-18-8-6-7-11(12(10)18)17-14(20)22-15(2,3)4/h6-9H,5H2,1-4H3,(H,17,20). The largest absolute Gasteiger partial charge is 0.462 e. The van der Waals surface area contributed by atoms with Crippen molar-refractivity contribution in [3.05, 3.63) is 30.1 Å². The van der Waals surface area contributed by atoms with Crippen LogP contribution in [0.1, 0.15) is 38.1 Å². The summed E-state index contributed by atoms with van der Waals surface area (Å²) >= 11 is 0. The number of nitrogens with one attached hydrogen (secondary N) is 1. The zero-order valence-electron chi connectivity index (χ0n) is 13.0. The van der Waals surface area contributed by atoms with Gasteiger partial charge in [-0.1, -0.05) is 0 Å². The van der Waals surface area contributed by atoms with E-state index in [9.17, 15) is 9.59 Å². The van der Waals surface area contributed by atoms with E-state index in [2.05, 4.69) is 10.4 Å². The number of hydrogen-bond acceptors (Lipinski definition) is 5. The molecule has 7 nitrogen and oxygen atoms in total. The van der Waals surface area contributed by atoms with Crippen molar-refractivity contribution in [1.29, 1.82) is 0 Å². The number of amides is 1. The van der Waals surface area contributed by atoms with Crippen molar-refractivity contribution in [3.63, 3.8) is 0 Å². The summed E-state index contributed by atoms with van der Waals surface area (Å²) in [6.07, 6.45) is 2.49. The number of fused-ring (bicyclic) bond motifs is 1. The molecular formula is C15H19N3O4. The smallest absolute Gasteiger partial charge is 0.412 e. The zero-order valence-corrected chi connectivity index (χ0v) is 13.0. The molecule has 1 N–H and O–H groups in total. The third-order valence-electron chi connectivity index (χ3n) is 2.67. The number of ether oxygens (including phenoxy) is 2. The van der Waals surface area contributed by atoms with Gasteiger partial charge in [0.25, 0.3) is 0 Å². The molecule has 0 spiro atoms. The molecule has 0 aliphatic heterocycles. The Morgan fingerprint density at radius 1 is 1.36 bits per heavy atom. The predicted octanol–water partition coefficient (Wildman–Crippen LogP) is 2.86. The Kier molecular flexibility index (Phi) is 4.35. The van der Waals surface area contributed by atoms with Crippen LogP contribution in [0.25, 0.3) is 5.52 Å². The first-order valence-corrected chi connectivity index (χ1v) is 6.95. The van der Waals surface area contributed by atoms with Gasteiger partial charge in [0, 0.05) is 6.20 Å². The molecule has 0 aliphatic rings. The first-order valence-electron chi connectivity index (χ1n) is 6.95. The summed E-state index contributed by atoms with van der Waals surface area (Å²) < 4.78 is 11.7. The topological polar surface area (TPSA) is 81.9 Å². The summed E-state index contributed by atoms with van der Waals surface area (Å²) in [6.45, 7) is 7.31. The Morgan fingerprint density at radius 2 is 2.09 bits per heavy atom. The maximum Gasteiger partial charge on any atom is 0.412 e. The van der Waals surface area contributed by atoms with E-state index in [4.69, 9.17) is 9.47 Å². The van der Waals surface area contributed by atoms with Gasteiger partial charge in [-0.25, -0.2) is 14.1 Å². The molecule has 0 aromatic carbocycles. The lowest BCUT2D eigenvalue weighted by atomic mass is 10.2. The second-order valence-corrected chi connectivity index (χ2v) is 5.62. The van der Waals surface area contributed by atoms with Crippen LogP contribution < -0.4 is 5.32 Å². The molecule has 0 fully saturated rings. The van der Waals surface area contributed by atoms with Crippen molar-refractivity contribution >= 4 is 23.3 Å². The highest BCUT2D eigenvalue weighted by atomic mass is 16.6. The fraction of sp³-hybridized carbons (Fsp3) is 0.400. The first kappa shape index (κ1) is 15.8. The van der Waals surface area contributed by atoms with E-state index < -0.39 is 17.7 Å². The Balaban J connectivity index is 2.35. The number of rotatable bonds is 3. The van der Waals surface area contributed by atoms with E-state index in [0.717, 1.165) is 0 Å². The third-order valence-corrected chi connectivity index (χ3v) is 2.67. The minimum atomic E-state index is -0.612. The summed E-state index contributed by atoms with van der Waals surface area (Å²) in [6, 6.07) is 3.38. The molecule has 0 radical (unpaired) electrons. The van der Waals surface area contributed by atoms with Crippen LogP contribution in [0.3, 0.4) is 0 Å². The Labute approximate surface area is 128 Å². The minimum Gasteiger partial charge on any atom is -0.462 e. The van der Waals surface area contributed by atoms with Gasteiger partial charge in [-0.3, -0.25) is 5.32 Å². The molecule has 2 rings (SSSR count). The van der Waals surface area contributed by atoms with E-state index in [0.29, 0.717) is 11.2 Å². The van der Waals surface area contributed by atoms with Gasteiger partial charge in [0.15, 0.2) is 0 Å². The third kappa shape index (κ3) is 3.55. The molecule has 118 valence electrons. The molecule has 2 heterocycles. The zero-order chi connectivity index (χ0) is 16.3. The van der Waals surface area contributed by atoms with Crippen molar-refractivity contribution < 1.29 is 19.1 Å². The van der Waals surface area contributed by atoms with Crippen LogP contribution in [0.5, 0.6) is 0 Å². The van der Waals surface area contributed by atoms with Crippen LogP contribution in [-0.2, 0) is 9.47 Å². The minimum absolute atomic E-state index is 0.262. The molecule has 1 amide bonds. The molecule has 2 aromatic rings. The predicted molar refractivity (Wildman–Crippen MR) is 81.0 cm³/mol. The lowest BCUT2D eigenvalue weighted by Crippen LogP contribution is -2.27. The molecule has 0 unspecified atom stereocenters. The van der Waals surface area contributed by atoms with Crippen molar-refractivity contribution in [2.45, 2.75) is 33.3 Å². The molecule has 2 aromatic heterocycles. The Hall–Kier alpha value is -2.57. The number of aromatic nitrogens is 2. The summed E-state index contributed by atoms with van der Waals surface area (Å²) in [5.74, 6) is -0.490. The van der Waals surface area contributed by atoms with Gasteiger partial charge in [-0.05, 0) is 39.8 Å². The quantitative estimate of drug-likeness (QED) is 0.882. The average Bonchev–Trinajstić information content (AvgIpc) is 2.81. The maximum atomic E-state index is 12.0. The fourth-order valence-electron chi connectivity index (χ4n) is 1.92. The van der Waals surface area contributed by atoms with Crippen molar-refractivity contribution in [1.82, 2.24) is 9.61 Å². The van der Waals surface area contributed by atoms with Crippen molar-refractivity contribution in [2.24, 2.45) is 0 Å². The lowest BCUT2D eigenvalue weighted by molar-refractivity contribution is 0.0527. The highest BCUT2D eigenvalue weighted by Gasteiger charge is 2.20. The van der Waals surface area contributed by atoms with Crippen LogP contribution in [0.4, 0.5) is 10.5 Å². The first-order chi connectivity index (χ1) is 10.3. The maximum absolute atomic E-state index is 12.0. The van der Waals surface area contributed by atoms with Crippen molar-refractivity contribution in [2.75, 3.05) is 11.9 Å². The van der Waals surface area contributed by atoms with E-state index in [1.54, 1.807) is 46.0 Å². The number of nitrogens with zero attached hydrogens (tertiary/aromatic N) is 2. The molecule has 0 saturated heterocycles. The van der Waals surface area contributed by atoms with Gasteiger partial charge < -0.3 is 9.47 Å².